The molecule has 0 radical (unpaired) electrons. The Balaban J connectivity index is 2.28. The summed E-state index contributed by atoms with van der Waals surface area (Å²) in [4.78, 5) is 17.9. The van der Waals surface area contributed by atoms with Gasteiger partial charge in [-0.1, -0.05) is 11.6 Å². The molecule has 110 valence electrons. The molecule has 3 N–H and O–H groups in total. The largest absolute Gasteiger partial charge is 0.377 e. The van der Waals surface area contributed by atoms with E-state index < -0.39 is 5.82 Å². The first-order valence-electron chi connectivity index (χ1n) is 6.41. The molecule has 1 aliphatic rings. The molecule has 0 spiro atoms. The molecule has 0 aliphatic carbocycles. The van der Waals surface area contributed by atoms with E-state index in [-0.39, 0.29) is 28.4 Å². The quantitative estimate of drug-likeness (QED) is 0.836. The van der Waals surface area contributed by atoms with E-state index in [4.69, 9.17) is 22.2 Å². The number of nitrogens with one attached hydrogen (secondary N) is 1. The summed E-state index contributed by atoms with van der Waals surface area (Å²) >= 11 is 5.83. The van der Waals surface area contributed by atoms with Gasteiger partial charge >= 0.3 is 0 Å². The lowest BCUT2D eigenvalue weighted by Crippen LogP contribution is -2.40. The highest BCUT2D eigenvalue weighted by Crippen LogP contribution is 2.36. The second-order valence-corrected chi connectivity index (χ2v) is 5.20. The smallest absolute Gasteiger partial charge is 0.249 e. The normalized spacial score (nSPS) is 16.1. The Hall–Kier alpha value is -1.53. The number of hydrogen-bond donors (Lipinski definition) is 2. The van der Waals surface area contributed by atoms with Gasteiger partial charge in [-0.25, -0.2) is 4.39 Å². The summed E-state index contributed by atoms with van der Waals surface area (Å²) in [6, 6.07) is 3.06. The van der Waals surface area contributed by atoms with Gasteiger partial charge in [-0.15, -0.1) is 0 Å². The van der Waals surface area contributed by atoms with Crippen LogP contribution in [0.5, 0.6) is 5.75 Å². The van der Waals surface area contributed by atoms with Crippen molar-refractivity contribution in [1.82, 2.24) is 5.48 Å². The zero-order chi connectivity index (χ0) is 14.7. The van der Waals surface area contributed by atoms with Crippen molar-refractivity contribution in [3.8, 4) is 5.75 Å². The van der Waals surface area contributed by atoms with Gasteiger partial charge < -0.3 is 15.5 Å². The minimum Gasteiger partial charge on any atom is -0.377 e. The number of carbonyl (C=O) groups is 1. The Morgan fingerprint density at radius 3 is 2.75 bits per heavy atom. The molecule has 1 aromatic rings. The minimum atomic E-state index is -0.551. The van der Waals surface area contributed by atoms with Gasteiger partial charge in [-0.05, 0) is 25.0 Å². The highest BCUT2D eigenvalue weighted by Gasteiger charge is 2.24. The lowest BCUT2D eigenvalue weighted by atomic mass is 10.1. The van der Waals surface area contributed by atoms with Gasteiger partial charge in [0.1, 0.15) is 5.69 Å². The van der Waals surface area contributed by atoms with E-state index in [2.05, 4.69) is 5.48 Å². The van der Waals surface area contributed by atoms with Crippen molar-refractivity contribution >= 4 is 23.2 Å². The standard InChI is InChI=1S/C13H17ClFN3O2/c1-8(19)17-20-11-3-2-10(14)12(15)13(11)18-6-4-9(16)5-7-18/h2-3,9H,4-7,16H2,1H3,(H,17,19). The molecule has 1 saturated heterocycles. The third-order valence-corrected chi connectivity index (χ3v) is 3.48. The number of nitrogens with zero attached hydrogens (tertiary/aromatic N) is 1. The lowest BCUT2D eigenvalue weighted by molar-refractivity contribution is -0.125. The Morgan fingerprint density at radius 1 is 1.50 bits per heavy atom. The fourth-order valence-electron chi connectivity index (χ4n) is 2.15. The summed E-state index contributed by atoms with van der Waals surface area (Å²) in [5.41, 5.74) is 8.30. The summed E-state index contributed by atoms with van der Waals surface area (Å²) in [5.74, 6) is -0.686. The number of anilines is 1. The van der Waals surface area contributed by atoms with Crippen molar-refractivity contribution < 1.29 is 14.0 Å². The van der Waals surface area contributed by atoms with Crippen LogP contribution in [-0.4, -0.2) is 25.0 Å². The van der Waals surface area contributed by atoms with E-state index in [0.29, 0.717) is 13.1 Å². The summed E-state index contributed by atoms with van der Waals surface area (Å²) in [6.07, 6.45) is 1.54. The van der Waals surface area contributed by atoms with E-state index in [9.17, 15) is 9.18 Å². The van der Waals surface area contributed by atoms with E-state index in [1.807, 2.05) is 4.90 Å². The number of benzene rings is 1. The molecule has 20 heavy (non-hydrogen) atoms. The summed E-state index contributed by atoms with van der Waals surface area (Å²) in [5, 5.41) is 0.0186. The summed E-state index contributed by atoms with van der Waals surface area (Å²) < 4.78 is 14.3. The zero-order valence-corrected chi connectivity index (χ0v) is 11.9. The average molecular weight is 302 g/mol. The van der Waals surface area contributed by atoms with Crippen LogP contribution in [0.25, 0.3) is 0 Å². The zero-order valence-electron chi connectivity index (χ0n) is 11.2. The first-order valence-corrected chi connectivity index (χ1v) is 6.78. The number of halogens is 2. The van der Waals surface area contributed by atoms with Gasteiger partial charge in [0.2, 0.25) is 5.91 Å². The maximum Gasteiger partial charge on any atom is 0.249 e. The van der Waals surface area contributed by atoms with Gasteiger partial charge in [0, 0.05) is 26.1 Å². The predicted molar refractivity (Wildman–Crippen MR) is 75.3 cm³/mol. The van der Waals surface area contributed by atoms with Crippen molar-refractivity contribution in [2.45, 2.75) is 25.8 Å². The molecule has 0 bridgehead atoms. The van der Waals surface area contributed by atoms with Gasteiger partial charge in [0.15, 0.2) is 11.6 Å². The fraction of sp³-hybridized carbons (Fsp3) is 0.462. The third-order valence-electron chi connectivity index (χ3n) is 3.19. The molecule has 5 nitrogen and oxygen atoms in total. The monoisotopic (exact) mass is 301 g/mol. The molecule has 1 amide bonds. The Kier molecular flexibility index (Phi) is 4.67. The van der Waals surface area contributed by atoms with Crippen molar-refractivity contribution in [2.24, 2.45) is 5.73 Å². The van der Waals surface area contributed by atoms with Crippen LogP contribution >= 0.6 is 11.6 Å². The molecular formula is C13H17ClFN3O2. The van der Waals surface area contributed by atoms with Gasteiger partial charge in [-0.2, -0.15) is 5.48 Å². The number of hydrogen-bond acceptors (Lipinski definition) is 4. The molecular weight excluding hydrogens is 285 g/mol. The number of piperidine rings is 1. The maximum atomic E-state index is 14.3. The van der Waals surface area contributed by atoms with Crippen molar-refractivity contribution in [2.75, 3.05) is 18.0 Å². The predicted octanol–water partition coefficient (Wildman–Crippen LogP) is 1.84. The van der Waals surface area contributed by atoms with Gasteiger partial charge in [0.05, 0.1) is 5.02 Å². The summed E-state index contributed by atoms with van der Waals surface area (Å²) in [6.45, 7) is 2.55. The van der Waals surface area contributed by atoms with E-state index in [1.54, 1.807) is 0 Å². The molecule has 1 aliphatic heterocycles. The lowest BCUT2D eigenvalue weighted by Gasteiger charge is -2.33. The van der Waals surface area contributed by atoms with Crippen LogP contribution in [0, 0.1) is 5.82 Å². The number of carbonyl (C=O) groups excluding carboxylic acids is 1. The molecule has 1 heterocycles. The van der Waals surface area contributed by atoms with Crippen LogP contribution in [0.15, 0.2) is 12.1 Å². The summed E-state index contributed by atoms with van der Waals surface area (Å²) in [7, 11) is 0. The molecule has 2 rings (SSSR count). The Bertz CT molecular complexity index is 505. The molecule has 7 heteroatoms. The van der Waals surface area contributed by atoms with Crippen LogP contribution in [0.3, 0.4) is 0 Å². The Morgan fingerprint density at radius 2 is 2.15 bits per heavy atom. The van der Waals surface area contributed by atoms with E-state index in [1.165, 1.54) is 19.1 Å². The van der Waals surface area contributed by atoms with Crippen LogP contribution in [-0.2, 0) is 4.79 Å². The fourth-order valence-corrected chi connectivity index (χ4v) is 2.30. The number of amides is 1. The molecule has 0 aromatic heterocycles. The number of nitrogens with two attached hydrogens (primary N) is 1. The van der Waals surface area contributed by atoms with Crippen molar-refractivity contribution in [1.29, 1.82) is 0 Å². The first kappa shape index (κ1) is 14.9. The molecule has 1 fully saturated rings. The SMILES string of the molecule is CC(=O)NOc1ccc(Cl)c(F)c1N1CCC(N)CC1. The second kappa shape index (κ2) is 6.28. The first-order chi connectivity index (χ1) is 9.49. The van der Waals surface area contributed by atoms with Crippen LogP contribution < -0.4 is 21.0 Å². The molecule has 0 saturated carbocycles. The van der Waals surface area contributed by atoms with E-state index >= 15 is 0 Å². The van der Waals surface area contributed by atoms with E-state index in [0.717, 1.165) is 12.8 Å². The molecule has 1 aromatic carbocycles. The van der Waals surface area contributed by atoms with Crippen LogP contribution in [0.1, 0.15) is 19.8 Å². The second-order valence-electron chi connectivity index (χ2n) is 4.79. The Labute approximate surface area is 121 Å². The maximum absolute atomic E-state index is 14.3. The number of hydroxylamine groups is 1. The molecule has 0 atom stereocenters. The van der Waals surface area contributed by atoms with Crippen molar-refractivity contribution in [3.05, 3.63) is 23.0 Å². The van der Waals surface area contributed by atoms with Crippen molar-refractivity contribution in [3.63, 3.8) is 0 Å². The van der Waals surface area contributed by atoms with Crippen LogP contribution in [0.2, 0.25) is 5.02 Å². The van der Waals surface area contributed by atoms with Crippen LogP contribution in [0.4, 0.5) is 10.1 Å². The van der Waals surface area contributed by atoms with Gasteiger partial charge in [0.25, 0.3) is 0 Å². The topological polar surface area (TPSA) is 67.6 Å². The van der Waals surface area contributed by atoms with Gasteiger partial charge in [-0.3, -0.25) is 4.79 Å². The minimum absolute atomic E-state index is 0.0186. The average Bonchev–Trinajstić information content (AvgIpc) is 2.41. The number of rotatable bonds is 3. The third kappa shape index (κ3) is 3.32. The molecule has 0 unspecified atom stereocenters. The highest BCUT2D eigenvalue weighted by atomic mass is 35.5. The highest BCUT2D eigenvalue weighted by molar-refractivity contribution is 6.31.